The first kappa shape index (κ1) is 9.46. The summed E-state index contributed by atoms with van der Waals surface area (Å²) in [5.41, 5.74) is 1.26. The minimum absolute atomic E-state index is 0.671. The molecule has 0 bridgehead atoms. The molecule has 1 aromatic heterocycles. The summed E-state index contributed by atoms with van der Waals surface area (Å²) in [6, 6.07) is 4.11. The lowest BCUT2D eigenvalue weighted by atomic mass is 10.2. The third-order valence-corrected chi connectivity index (χ3v) is 2.66. The van der Waals surface area contributed by atoms with E-state index in [4.69, 9.17) is 6.92 Å². The van der Waals surface area contributed by atoms with Gasteiger partial charge in [0, 0.05) is 50.8 Å². The predicted molar refractivity (Wildman–Crippen MR) is 57.2 cm³/mol. The number of aromatic nitrogens is 1. The molecule has 1 fully saturated rings. The van der Waals surface area contributed by atoms with Gasteiger partial charge in [-0.2, -0.15) is 0 Å². The molecule has 0 spiro atoms. The molecule has 0 amide bonds. The molecule has 3 heteroatoms. The van der Waals surface area contributed by atoms with Gasteiger partial charge in [-0.05, 0) is 19.1 Å². The SMILES string of the molecule is [CH]CN1CCN(c2ccncc2)CC1. The van der Waals surface area contributed by atoms with Gasteiger partial charge in [0.05, 0.1) is 0 Å². The fourth-order valence-electron chi connectivity index (χ4n) is 1.74. The van der Waals surface area contributed by atoms with E-state index in [-0.39, 0.29) is 0 Å². The third kappa shape index (κ3) is 2.04. The van der Waals surface area contributed by atoms with Crippen LogP contribution in [0.2, 0.25) is 0 Å². The number of nitrogens with zero attached hydrogens (tertiary/aromatic N) is 3. The molecule has 1 aromatic rings. The van der Waals surface area contributed by atoms with Gasteiger partial charge in [0.1, 0.15) is 0 Å². The fraction of sp³-hybridized carbons (Fsp3) is 0.455. The van der Waals surface area contributed by atoms with Gasteiger partial charge in [0.25, 0.3) is 0 Å². The summed E-state index contributed by atoms with van der Waals surface area (Å²) in [6.07, 6.45) is 3.68. The zero-order valence-corrected chi connectivity index (χ0v) is 8.26. The maximum Gasteiger partial charge on any atom is 0.0397 e. The second kappa shape index (κ2) is 4.42. The highest BCUT2D eigenvalue weighted by Crippen LogP contribution is 2.14. The highest BCUT2D eigenvalue weighted by molar-refractivity contribution is 5.44. The van der Waals surface area contributed by atoms with E-state index in [1.165, 1.54) is 5.69 Å². The zero-order valence-electron chi connectivity index (χ0n) is 8.26. The Hall–Kier alpha value is -1.09. The van der Waals surface area contributed by atoms with E-state index in [9.17, 15) is 0 Å². The molecule has 0 aromatic carbocycles. The van der Waals surface area contributed by atoms with E-state index in [0.717, 1.165) is 26.2 Å². The molecule has 0 N–H and O–H groups in total. The summed E-state index contributed by atoms with van der Waals surface area (Å²) in [5.74, 6) is 0. The number of anilines is 1. The molecule has 2 heterocycles. The molecule has 1 aliphatic heterocycles. The summed E-state index contributed by atoms with van der Waals surface area (Å²) in [4.78, 5) is 8.64. The number of piperazine rings is 1. The fourth-order valence-corrected chi connectivity index (χ4v) is 1.74. The normalized spacial score (nSPS) is 18.5. The Labute approximate surface area is 85.4 Å². The van der Waals surface area contributed by atoms with Gasteiger partial charge in [0.15, 0.2) is 0 Å². The number of hydrogen-bond acceptors (Lipinski definition) is 3. The van der Waals surface area contributed by atoms with Crippen LogP contribution in [0.3, 0.4) is 0 Å². The van der Waals surface area contributed by atoms with Crippen molar-refractivity contribution in [3.63, 3.8) is 0 Å². The standard InChI is InChI=1S/C11H15N3/c1-2-13-7-9-14(10-8-13)11-3-5-12-6-4-11/h1,3-6H,2,7-10H2. The lowest BCUT2D eigenvalue weighted by molar-refractivity contribution is 0.283. The van der Waals surface area contributed by atoms with Crippen molar-refractivity contribution < 1.29 is 0 Å². The first-order chi connectivity index (χ1) is 6.90. The van der Waals surface area contributed by atoms with E-state index < -0.39 is 0 Å². The molecule has 0 unspecified atom stereocenters. The Bertz CT molecular complexity index is 265. The van der Waals surface area contributed by atoms with E-state index >= 15 is 0 Å². The first-order valence-electron chi connectivity index (χ1n) is 4.97. The molecule has 74 valence electrons. The van der Waals surface area contributed by atoms with E-state index in [2.05, 4.69) is 26.9 Å². The smallest absolute Gasteiger partial charge is 0.0397 e. The lowest BCUT2D eigenvalue weighted by Gasteiger charge is -2.35. The second-order valence-electron chi connectivity index (χ2n) is 3.49. The van der Waals surface area contributed by atoms with Crippen LogP contribution in [-0.2, 0) is 0 Å². The zero-order chi connectivity index (χ0) is 9.80. The van der Waals surface area contributed by atoms with E-state index in [1.54, 1.807) is 0 Å². The van der Waals surface area contributed by atoms with Crippen LogP contribution in [0.15, 0.2) is 24.5 Å². The number of pyridine rings is 1. The molecule has 14 heavy (non-hydrogen) atoms. The Balaban J connectivity index is 1.96. The Morgan fingerprint density at radius 1 is 1.14 bits per heavy atom. The molecule has 2 rings (SSSR count). The van der Waals surface area contributed by atoms with Crippen LogP contribution < -0.4 is 4.90 Å². The van der Waals surface area contributed by atoms with Crippen LogP contribution >= 0.6 is 0 Å². The Morgan fingerprint density at radius 2 is 1.79 bits per heavy atom. The topological polar surface area (TPSA) is 19.4 Å². The minimum atomic E-state index is 0.671. The van der Waals surface area contributed by atoms with Gasteiger partial charge < -0.3 is 4.90 Å². The van der Waals surface area contributed by atoms with Gasteiger partial charge in [-0.1, -0.05) is 0 Å². The van der Waals surface area contributed by atoms with Gasteiger partial charge in [-0.25, -0.2) is 0 Å². The van der Waals surface area contributed by atoms with Crippen molar-refractivity contribution in [1.29, 1.82) is 0 Å². The van der Waals surface area contributed by atoms with Gasteiger partial charge in [-0.15, -0.1) is 0 Å². The van der Waals surface area contributed by atoms with Gasteiger partial charge >= 0.3 is 0 Å². The quantitative estimate of drug-likeness (QED) is 0.689. The summed E-state index contributed by atoms with van der Waals surface area (Å²) in [6.45, 7) is 10.5. The predicted octanol–water partition coefficient (Wildman–Crippen LogP) is 0.915. The van der Waals surface area contributed by atoms with E-state index in [1.807, 2.05) is 12.4 Å². The average molecular weight is 189 g/mol. The van der Waals surface area contributed by atoms with E-state index in [0.29, 0.717) is 6.54 Å². The van der Waals surface area contributed by atoms with Crippen LogP contribution in [0.5, 0.6) is 0 Å². The molecule has 1 aliphatic rings. The van der Waals surface area contributed by atoms with Crippen LogP contribution in [0.4, 0.5) is 5.69 Å². The minimum Gasteiger partial charge on any atom is -0.369 e. The number of rotatable bonds is 2. The average Bonchev–Trinajstić information content (AvgIpc) is 2.30. The van der Waals surface area contributed by atoms with Gasteiger partial charge in [-0.3, -0.25) is 9.88 Å². The molecular weight excluding hydrogens is 174 g/mol. The Kier molecular flexibility index (Phi) is 2.99. The van der Waals surface area contributed by atoms with Crippen LogP contribution in [0.25, 0.3) is 0 Å². The van der Waals surface area contributed by atoms with Crippen molar-refractivity contribution in [3.8, 4) is 0 Å². The maximum atomic E-state index is 5.58. The monoisotopic (exact) mass is 189 g/mol. The summed E-state index contributed by atoms with van der Waals surface area (Å²) >= 11 is 0. The lowest BCUT2D eigenvalue weighted by Crippen LogP contribution is -2.46. The molecule has 3 nitrogen and oxygen atoms in total. The highest BCUT2D eigenvalue weighted by atomic mass is 15.3. The largest absolute Gasteiger partial charge is 0.369 e. The first-order valence-corrected chi connectivity index (χ1v) is 4.97. The summed E-state index contributed by atoms with van der Waals surface area (Å²) < 4.78 is 0. The van der Waals surface area contributed by atoms with Crippen LogP contribution in [-0.4, -0.2) is 42.6 Å². The maximum absolute atomic E-state index is 5.58. The number of hydrogen-bond donors (Lipinski definition) is 0. The molecule has 0 aliphatic carbocycles. The van der Waals surface area contributed by atoms with Crippen molar-refractivity contribution in [2.75, 3.05) is 37.6 Å². The highest BCUT2D eigenvalue weighted by Gasteiger charge is 2.15. The second-order valence-corrected chi connectivity index (χ2v) is 3.49. The summed E-state index contributed by atoms with van der Waals surface area (Å²) in [7, 11) is 0. The van der Waals surface area contributed by atoms with Crippen molar-refractivity contribution in [2.24, 2.45) is 0 Å². The Morgan fingerprint density at radius 3 is 2.36 bits per heavy atom. The molecule has 1 saturated heterocycles. The van der Waals surface area contributed by atoms with Crippen molar-refractivity contribution in [1.82, 2.24) is 9.88 Å². The molecule has 2 radical (unpaired) electrons. The molecular formula is C11H15N3. The van der Waals surface area contributed by atoms with Crippen molar-refractivity contribution in [3.05, 3.63) is 31.5 Å². The summed E-state index contributed by atoms with van der Waals surface area (Å²) in [5, 5.41) is 0. The molecule has 0 saturated carbocycles. The molecule has 0 atom stereocenters. The van der Waals surface area contributed by atoms with Gasteiger partial charge in [0.2, 0.25) is 0 Å². The van der Waals surface area contributed by atoms with Crippen LogP contribution in [0, 0.1) is 6.92 Å². The third-order valence-electron chi connectivity index (χ3n) is 2.66. The van der Waals surface area contributed by atoms with Crippen LogP contribution in [0.1, 0.15) is 0 Å². The van der Waals surface area contributed by atoms with Crippen molar-refractivity contribution >= 4 is 5.69 Å². The van der Waals surface area contributed by atoms with Crippen molar-refractivity contribution in [2.45, 2.75) is 0 Å².